The van der Waals surface area contributed by atoms with Crippen molar-refractivity contribution in [1.82, 2.24) is 21.3 Å². The number of ether oxygens (including phenoxy) is 2. The molecule has 0 saturated carbocycles. The standard InChI is InChI=1S/2C40H47N5O19S4.6Na/c2*1-4-64-40(54)29(21(3)37(48)49)30(23-7-13-26(14-8-23)67(58,59)60)34(39(52)53)32(36(47)43-19-44-45-41)31(24-9-15-27(16-10-24)68(61,62)63)33(38(50)51)28(35(46)42-17-18-65)20(2)22-5-11-25(12-6-22)66(55,56)57;;;;;;/h2*5-16,20-21,28-34,65H,4,17-19H2,1-3H3,(H,42,46)(H,43,47)(H,48,49)(H,50,51)(H,52,53)(H,55,56,57)(H,58,59,60)(H,61,62,63);;;;;;/q;;6*+1/p-6. The van der Waals surface area contributed by atoms with E-state index in [9.17, 15) is 166 Å². The number of carboxylic acid groups (broad SMARTS) is 6. The van der Waals surface area contributed by atoms with E-state index >= 15 is 0 Å². The number of benzene rings is 6. The van der Waals surface area contributed by atoms with Crippen LogP contribution in [-0.4, -0.2) is 231 Å². The summed E-state index contributed by atoms with van der Waals surface area (Å²) in [6.45, 7) is 3.71. The summed E-state index contributed by atoms with van der Waals surface area (Å²) in [6, 6.07) is 19.7. The fourth-order valence-corrected chi connectivity index (χ4v) is 19.2. The van der Waals surface area contributed by atoms with Crippen LogP contribution in [0.2, 0.25) is 0 Å². The molecule has 6 rings (SSSR count). The normalized spacial score (nSPS) is 15.2. The number of carboxylic acids is 6. The van der Waals surface area contributed by atoms with Crippen molar-refractivity contribution in [2.24, 2.45) is 81.2 Å². The Bertz CT molecular complexity index is 5880. The number of nitrogens with one attached hydrogen (secondary N) is 4. The van der Waals surface area contributed by atoms with E-state index in [0.29, 0.717) is 48.5 Å². The van der Waals surface area contributed by atoms with Crippen LogP contribution in [0.5, 0.6) is 0 Å². The van der Waals surface area contributed by atoms with Gasteiger partial charge in [0.25, 0.3) is 0 Å². The Morgan fingerprint density at radius 1 is 0.310 bits per heavy atom. The zero-order valence-electron chi connectivity index (χ0n) is 77.7. The maximum Gasteiger partial charge on any atom is 1.00 e. The van der Waals surface area contributed by atoms with Crippen molar-refractivity contribution in [2.75, 3.05) is 51.1 Å². The number of hydrogen-bond donors (Lipinski definition) is 12. The number of nitrogens with zero attached hydrogens (tertiary/aromatic N) is 6. The van der Waals surface area contributed by atoms with Crippen molar-refractivity contribution in [1.29, 1.82) is 0 Å². The van der Waals surface area contributed by atoms with Crippen LogP contribution in [0.25, 0.3) is 20.9 Å². The minimum Gasteiger partial charge on any atom is -0.744 e. The van der Waals surface area contributed by atoms with Gasteiger partial charge in [-0.25, -0.2) is 50.5 Å². The van der Waals surface area contributed by atoms with Crippen LogP contribution in [0.15, 0.2) is 185 Å². The van der Waals surface area contributed by atoms with Gasteiger partial charge in [-0.3, -0.25) is 57.5 Å². The first-order valence-electron chi connectivity index (χ1n) is 39.7. The molecule has 0 saturated heterocycles. The molecule has 10 N–H and O–H groups in total. The minimum absolute atomic E-state index is 0. The number of esters is 2. The third-order valence-electron chi connectivity index (χ3n) is 22.2. The molecule has 62 heteroatoms. The van der Waals surface area contributed by atoms with Gasteiger partial charge in [-0.15, -0.1) is 0 Å². The molecule has 18 unspecified atom stereocenters. The van der Waals surface area contributed by atoms with Crippen LogP contribution in [0.3, 0.4) is 0 Å². The summed E-state index contributed by atoms with van der Waals surface area (Å²) in [4.78, 5) is 169. The number of carbonyl (C=O) groups excluding carboxylic acids is 6. The van der Waals surface area contributed by atoms with Gasteiger partial charge in [0.1, 0.15) is 60.7 Å². The molecule has 0 aliphatic carbocycles. The molecular weight excluding hydrogens is 2100 g/mol. The minimum atomic E-state index is -5.27. The van der Waals surface area contributed by atoms with E-state index in [0.717, 1.165) is 111 Å². The molecule has 0 aliphatic heterocycles. The summed E-state index contributed by atoms with van der Waals surface area (Å²) in [5.41, 5.74) is 16.3. The Labute approximate surface area is 958 Å². The first-order chi connectivity index (χ1) is 63.3. The van der Waals surface area contributed by atoms with Gasteiger partial charge in [0.15, 0.2) is 0 Å². The smallest absolute Gasteiger partial charge is 0.744 e. The SMILES string of the molecule is CCOC(=O)C(C(C)C(=O)O)C(c1ccc(S(=O)(=O)[O-])cc1)C(C(=O)O)C(C(=O)NCN=[N+]=[N-])C(c1ccc(S(=O)(=O)[O-])cc1)C(C(=O)O)C(C(=O)NCCS)C(C)c1ccc(S(=O)(=O)[O-])cc1.CCOC(=O)C(C(C)C(=O)O)C(c1ccc(S(=O)(=O)[O-])cc1)C(C(=O)O)C(C(=O)NCN=[N+]=[N-])C(c1ccc(S(=O)(=O)[O-])cc1)C(C(=O)O)C(C(=O)NCCS)C(C)c1ccc(S(=O)(=O)[O-])cc1.[Na+].[Na+].[Na+].[Na+].[Na+].[Na+]. The van der Waals surface area contributed by atoms with Crippen molar-refractivity contribution in [3.63, 3.8) is 0 Å². The number of azide groups is 2. The molecule has 740 valence electrons. The predicted molar refractivity (Wildman–Crippen MR) is 465 cm³/mol. The van der Waals surface area contributed by atoms with Gasteiger partial charge in [0.2, 0.25) is 23.6 Å². The van der Waals surface area contributed by atoms with Crippen molar-refractivity contribution < 1.29 is 353 Å². The van der Waals surface area contributed by atoms with Gasteiger partial charge in [-0.1, -0.05) is 111 Å². The number of carbonyl (C=O) groups is 12. The van der Waals surface area contributed by atoms with E-state index in [1.54, 1.807) is 0 Å². The molecule has 142 heavy (non-hydrogen) atoms. The Balaban J connectivity index is 0. The second-order valence-corrected chi connectivity index (χ2v) is 39.2. The van der Waals surface area contributed by atoms with Crippen LogP contribution < -0.4 is 199 Å². The second kappa shape index (κ2) is 61.6. The Kier molecular flexibility index (Phi) is 59.8. The summed E-state index contributed by atoms with van der Waals surface area (Å²) >= 11 is 8.16. The van der Waals surface area contributed by atoms with E-state index in [1.807, 2.05) is 0 Å². The van der Waals surface area contributed by atoms with Gasteiger partial charge < -0.3 is 88.7 Å². The zero-order valence-corrected chi connectivity index (χ0v) is 96.4. The molecule has 0 bridgehead atoms. The van der Waals surface area contributed by atoms with Gasteiger partial charge in [0, 0.05) is 58.1 Å². The quantitative estimate of drug-likeness (QED) is 0.00321. The van der Waals surface area contributed by atoms with Crippen molar-refractivity contribution in [3.05, 3.63) is 200 Å². The summed E-state index contributed by atoms with van der Waals surface area (Å²) < 4.78 is 226. The Morgan fingerprint density at radius 2 is 0.493 bits per heavy atom. The third-order valence-corrected chi connectivity index (χ3v) is 27.8. The molecule has 0 spiro atoms. The van der Waals surface area contributed by atoms with Gasteiger partial charge in [0.05, 0.1) is 127 Å². The number of thiol groups is 2. The van der Waals surface area contributed by atoms with Crippen LogP contribution >= 0.6 is 25.3 Å². The van der Waals surface area contributed by atoms with Crippen LogP contribution in [0, 0.1) is 71.0 Å². The summed E-state index contributed by atoms with van der Waals surface area (Å²) in [5, 5.41) is 82.0. The summed E-state index contributed by atoms with van der Waals surface area (Å²) in [7, 11) is -31.1. The fraction of sp³-hybridized carbons (Fsp3) is 0.400. The number of hydrogen-bond acceptors (Lipinski definition) is 36. The molecule has 0 fully saturated rings. The summed E-state index contributed by atoms with van der Waals surface area (Å²) in [6.07, 6.45) is 0. The monoisotopic (exact) mass is 2190 g/mol. The number of rotatable bonds is 50. The molecule has 6 aromatic rings. The molecule has 0 aromatic heterocycles. The predicted octanol–water partition coefficient (Wildman–Crippen LogP) is -13.9. The topological polar surface area (TPSA) is 834 Å². The Hall–Kier alpha value is -6.26. The molecule has 0 aliphatic rings. The molecule has 18 atom stereocenters. The molecule has 0 radical (unpaired) electrons. The Morgan fingerprint density at radius 3 is 0.662 bits per heavy atom. The fourth-order valence-electron chi connectivity index (χ4n) is 16.1. The summed E-state index contributed by atoms with van der Waals surface area (Å²) in [5.74, 6) is -58.9. The maximum atomic E-state index is 15.0. The van der Waals surface area contributed by atoms with E-state index < -0.39 is 317 Å². The largest absolute Gasteiger partial charge is 1.00 e. The molecule has 48 nitrogen and oxygen atoms in total. The van der Waals surface area contributed by atoms with Crippen molar-refractivity contribution in [2.45, 2.75) is 106 Å². The van der Waals surface area contributed by atoms with E-state index in [1.165, 1.54) is 27.7 Å². The zero-order chi connectivity index (χ0) is 103. The second-order valence-electron chi connectivity index (χ2n) is 30.1. The molecule has 6 aromatic carbocycles. The van der Waals surface area contributed by atoms with Crippen LogP contribution in [0.4, 0.5) is 0 Å². The molecular formula is C80H88N10Na6O38S8. The van der Waals surface area contributed by atoms with Crippen molar-refractivity contribution >= 4 is 157 Å². The van der Waals surface area contributed by atoms with Gasteiger partial charge >= 0.3 is 225 Å². The average molecular weight is 2190 g/mol. The van der Waals surface area contributed by atoms with Crippen LogP contribution in [-0.2, 0) is 128 Å². The van der Waals surface area contributed by atoms with Crippen LogP contribution in [0.1, 0.15) is 110 Å². The van der Waals surface area contributed by atoms with Crippen molar-refractivity contribution in [3.8, 4) is 0 Å². The average Bonchev–Trinajstić information content (AvgIpc) is 0.747. The van der Waals surface area contributed by atoms with Gasteiger partial charge in [-0.05, 0) is 143 Å². The maximum absolute atomic E-state index is 15.0. The first kappa shape index (κ1) is 138. The van der Waals surface area contributed by atoms with E-state index in [2.05, 4.69) is 66.6 Å². The van der Waals surface area contributed by atoms with E-state index in [4.69, 9.17) is 20.5 Å². The molecule has 4 amide bonds. The molecule has 0 heterocycles. The first-order valence-corrected chi connectivity index (χ1v) is 49.4. The van der Waals surface area contributed by atoms with E-state index in [-0.39, 0.29) is 213 Å². The number of amides is 4. The van der Waals surface area contributed by atoms with Gasteiger partial charge in [-0.2, -0.15) is 25.3 Å². The number of aliphatic carboxylic acids is 6. The third kappa shape index (κ3) is 37.8.